The largest absolute Gasteiger partial charge is 0.491 e. The van der Waals surface area contributed by atoms with E-state index in [1.54, 1.807) is 48.5 Å². The van der Waals surface area contributed by atoms with E-state index in [9.17, 15) is 14.4 Å². The second-order valence-electron chi connectivity index (χ2n) is 6.18. The molecule has 0 saturated carbocycles. The van der Waals surface area contributed by atoms with Gasteiger partial charge in [-0.05, 0) is 37.3 Å². The first-order valence-electron chi connectivity index (χ1n) is 8.72. The zero-order valence-corrected chi connectivity index (χ0v) is 15.9. The molecule has 1 aliphatic rings. The van der Waals surface area contributed by atoms with Crippen molar-refractivity contribution < 1.29 is 23.9 Å². The Morgan fingerprint density at radius 3 is 2.82 bits per heavy atom. The van der Waals surface area contributed by atoms with Crippen LogP contribution in [0.5, 0.6) is 5.75 Å². The van der Waals surface area contributed by atoms with Crippen LogP contribution < -0.4 is 15.0 Å². The number of nitrogens with one attached hydrogen (secondary N) is 1. The molecule has 0 saturated heterocycles. The van der Waals surface area contributed by atoms with E-state index in [1.807, 2.05) is 0 Å². The summed E-state index contributed by atoms with van der Waals surface area (Å²) in [7, 11) is 0. The minimum Gasteiger partial charge on any atom is -0.491 e. The summed E-state index contributed by atoms with van der Waals surface area (Å²) in [6.07, 6.45) is -0.896. The number of rotatable bonds is 5. The molecule has 1 atom stereocenters. The van der Waals surface area contributed by atoms with Gasteiger partial charge in [-0.15, -0.1) is 0 Å². The van der Waals surface area contributed by atoms with E-state index in [0.29, 0.717) is 22.1 Å². The van der Waals surface area contributed by atoms with Crippen LogP contribution in [0.15, 0.2) is 48.5 Å². The highest BCUT2D eigenvalue weighted by atomic mass is 35.5. The van der Waals surface area contributed by atoms with Gasteiger partial charge in [-0.25, -0.2) is 0 Å². The third-order valence-corrected chi connectivity index (χ3v) is 4.32. The quantitative estimate of drug-likeness (QED) is 0.777. The number of esters is 1. The number of nitrogens with zero attached hydrogens (tertiary/aromatic N) is 1. The topological polar surface area (TPSA) is 84.9 Å². The van der Waals surface area contributed by atoms with Gasteiger partial charge in [-0.2, -0.15) is 0 Å². The summed E-state index contributed by atoms with van der Waals surface area (Å²) in [5, 5.41) is 3.10. The Kier molecular flexibility index (Phi) is 6.16. The van der Waals surface area contributed by atoms with Crippen molar-refractivity contribution in [2.24, 2.45) is 0 Å². The van der Waals surface area contributed by atoms with Crippen molar-refractivity contribution in [1.29, 1.82) is 0 Å². The summed E-state index contributed by atoms with van der Waals surface area (Å²) in [5.41, 5.74) is 0.993. The summed E-state index contributed by atoms with van der Waals surface area (Å²) < 4.78 is 10.7. The van der Waals surface area contributed by atoms with Crippen LogP contribution in [0.4, 0.5) is 11.4 Å². The van der Waals surface area contributed by atoms with Crippen molar-refractivity contribution in [3.63, 3.8) is 0 Å². The molecule has 28 heavy (non-hydrogen) atoms. The van der Waals surface area contributed by atoms with E-state index in [2.05, 4.69) is 5.32 Å². The fraction of sp³-hybridized carbons (Fsp3) is 0.250. The number of carbonyl (C=O) groups excluding carboxylic acids is 3. The highest BCUT2D eigenvalue weighted by Gasteiger charge is 2.27. The van der Waals surface area contributed by atoms with Crippen molar-refractivity contribution in [1.82, 2.24) is 0 Å². The molecule has 2 aromatic carbocycles. The summed E-state index contributed by atoms with van der Waals surface area (Å²) >= 11 is 5.88. The number of halogens is 1. The highest BCUT2D eigenvalue weighted by Crippen LogP contribution is 2.30. The van der Waals surface area contributed by atoms with Crippen LogP contribution in [0.3, 0.4) is 0 Å². The molecule has 0 unspecified atom stereocenters. The maximum atomic E-state index is 12.4. The van der Waals surface area contributed by atoms with Crippen LogP contribution >= 0.6 is 11.6 Å². The minimum atomic E-state index is -1.04. The SMILES string of the molecule is C[C@@H](OC(=O)CN1C(=O)CCOc2ccccc21)C(=O)Nc1cccc(Cl)c1. The number of fused-ring (bicyclic) bond motifs is 1. The summed E-state index contributed by atoms with van der Waals surface area (Å²) in [5.74, 6) is -0.925. The molecule has 0 fully saturated rings. The molecule has 0 spiro atoms. The molecular weight excluding hydrogens is 384 g/mol. The summed E-state index contributed by atoms with van der Waals surface area (Å²) in [4.78, 5) is 38.2. The minimum absolute atomic E-state index is 0.146. The first kappa shape index (κ1) is 19.7. The Morgan fingerprint density at radius 2 is 2.04 bits per heavy atom. The van der Waals surface area contributed by atoms with Gasteiger partial charge in [0.25, 0.3) is 5.91 Å². The molecule has 0 radical (unpaired) electrons. The second kappa shape index (κ2) is 8.75. The van der Waals surface area contributed by atoms with E-state index < -0.39 is 18.0 Å². The number of ether oxygens (including phenoxy) is 2. The molecule has 0 aromatic heterocycles. The van der Waals surface area contributed by atoms with E-state index in [-0.39, 0.29) is 25.5 Å². The summed E-state index contributed by atoms with van der Waals surface area (Å²) in [6.45, 7) is 1.38. The number of anilines is 2. The molecule has 2 aromatic rings. The first-order valence-corrected chi connectivity index (χ1v) is 9.10. The van der Waals surface area contributed by atoms with E-state index in [0.717, 1.165) is 0 Å². The maximum Gasteiger partial charge on any atom is 0.326 e. The molecule has 0 aliphatic carbocycles. The third-order valence-electron chi connectivity index (χ3n) is 4.09. The zero-order chi connectivity index (χ0) is 20.1. The van der Waals surface area contributed by atoms with Gasteiger partial charge in [0.15, 0.2) is 6.10 Å². The second-order valence-corrected chi connectivity index (χ2v) is 6.61. The number of para-hydroxylation sites is 2. The van der Waals surface area contributed by atoms with E-state index in [4.69, 9.17) is 21.1 Å². The Bertz CT molecular complexity index is 902. The van der Waals surface area contributed by atoms with Crippen molar-refractivity contribution in [2.75, 3.05) is 23.4 Å². The lowest BCUT2D eigenvalue weighted by molar-refractivity contribution is -0.152. The fourth-order valence-corrected chi connectivity index (χ4v) is 2.91. The molecule has 146 valence electrons. The number of carbonyl (C=O) groups is 3. The maximum absolute atomic E-state index is 12.4. The van der Waals surface area contributed by atoms with Crippen LogP contribution in [-0.4, -0.2) is 37.0 Å². The normalized spacial score (nSPS) is 14.4. The number of hydrogen-bond acceptors (Lipinski definition) is 5. The molecular formula is C20H19ClN2O5. The highest BCUT2D eigenvalue weighted by molar-refractivity contribution is 6.30. The molecule has 3 rings (SSSR count). The Balaban J connectivity index is 1.63. The van der Waals surface area contributed by atoms with Crippen LogP contribution in [0.25, 0.3) is 0 Å². The van der Waals surface area contributed by atoms with Crippen LogP contribution in [0.1, 0.15) is 13.3 Å². The predicted octanol–water partition coefficient (Wildman–Crippen LogP) is 3.03. The fourth-order valence-electron chi connectivity index (χ4n) is 2.72. The zero-order valence-electron chi connectivity index (χ0n) is 15.2. The van der Waals surface area contributed by atoms with Gasteiger partial charge in [0.1, 0.15) is 12.3 Å². The smallest absolute Gasteiger partial charge is 0.326 e. The molecule has 2 amide bonds. The number of amides is 2. The molecule has 0 bridgehead atoms. The average molecular weight is 403 g/mol. The number of benzene rings is 2. The van der Waals surface area contributed by atoms with E-state index >= 15 is 0 Å². The number of hydrogen-bond donors (Lipinski definition) is 1. The first-order chi connectivity index (χ1) is 13.4. The van der Waals surface area contributed by atoms with Gasteiger partial charge in [-0.3, -0.25) is 19.3 Å². The van der Waals surface area contributed by atoms with Gasteiger partial charge in [0, 0.05) is 10.7 Å². The van der Waals surface area contributed by atoms with Gasteiger partial charge < -0.3 is 14.8 Å². The van der Waals surface area contributed by atoms with Crippen LogP contribution in [0, 0.1) is 0 Å². The molecule has 1 aliphatic heterocycles. The van der Waals surface area contributed by atoms with Crippen molar-refractivity contribution in [2.45, 2.75) is 19.4 Å². The van der Waals surface area contributed by atoms with Crippen molar-refractivity contribution >= 4 is 40.8 Å². The summed E-state index contributed by atoms with van der Waals surface area (Å²) in [6, 6.07) is 13.6. The molecule has 7 nitrogen and oxygen atoms in total. The van der Waals surface area contributed by atoms with Gasteiger partial charge >= 0.3 is 5.97 Å². The lowest BCUT2D eigenvalue weighted by Crippen LogP contribution is -2.39. The molecule has 1 heterocycles. The molecule has 1 N–H and O–H groups in total. The lowest BCUT2D eigenvalue weighted by Gasteiger charge is -2.22. The van der Waals surface area contributed by atoms with Crippen LogP contribution in [-0.2, 0) is 19.1 Å². The van der Waals surface area contributed by atoms with Gasteiger partial charge in [0.05, 0.1) is 18.7 Å². The third kappa shape index (κ3) is 4.80. The average Bonchev–Trinajstić information content (AvgIpc) is 2.81. The Hall–Kier alpha value is -3.06. The molecule has 8 heteroatoms. The van der Waals surface area contributed by atoms with Crippen molar-refractivity contribution in [3.05, 3.63) is 53.6 Å². The predicted molar refractivity (Wildman–Crippen MR) is 105 cm³/mol. The van der Waals surface area contributed by atoms with Crippen molar-refractivity contribution in [3.8, 4) is 5.75 Å². The standard InChI is InChI=1S/C20H19ClN2O5/c1-13(20(26)22-15-6-4-5-14(21)11-15)28-19(25)12-23-16-7-2-3-8-17(16)27-10-9-18(23)24/h2-8,11,13H,9-10,12H2,1H3,(H,22,26)/t13-/m1/s1. The lowest BCUT2D eigenvalue weighted by atomic mass is 10.2. The van der Waals surface area contributed by atoms with Gasteiger partial charge in [-0.1, -0.05) is 29.8 Å². The van der Waals surface area contributed by atoms with Crippen LogP contribution in [0.2, 0.25) is 5.02 Å². The monoisotopic (exact) mass is 402 g/mol. The van der Waals surface area contributed by atoms with Gasteiger partial charge in [0.2, 0.25) is 5.91 Å². The van der Waals surface area contributed by atoms with E-state index in [1.165, 1.54) is 11.8 Å². The Labute approximate surface area is 167 Å². The Morgan fingerprint density at radius 1 is 1.25 bits per heavy atom.